The third-order valence-corrected chi connectivity index (χ3v) is 4.22. The van der Waals surface area contributed by atoms with E-state index in [1.54, 1.807) is 6.92 Å². The Morgan fingerprint density at radius 3 is 2.40 bits per heavy atom. The van der Waals surface area contributed by atoms with E-state index < -0.39 is 6.04 Å². The summed E-state index contributed by atoms with van der Waals surface area (Å²) >= 11 is 0. The Hall–Kier alpha value is -1.10. The van der Waals surface area contributed by atoms with Gasteiger partial charge in [0.2, 0.25) is 11.8 Å². The number of nitrogens with one attached hydrogen (secondary N) is 1. The van der Waals surface area contributed by atoms with Crippen LogP contribution in [0, 0.1) is 5.92 Å². The van der Waals surface area contributed by atoms with Gasteiger partial charge < -0.3 is 16.0 Å². The molecule has 0 aromatic rings. The number of hydrogen-bond acceptors (Lipinski definition) is 3. The first-order valence-electron chi connectivity index (χ1n) is 7.71. The molecule has 0 aromatic heterocycles. The molecule has 0 radical (unpaired) electrons. The first-order valence-corrected chi connectivity index (χ1v) is 7.71. The lowest BCUT2D eigenvalue weighted by Gasteiger charge is -2.40. The molecule has 1 rings (SSSR count). The van der Waals surface area contributed by atoms with Gasteiger partial charge in [0.15, 0.2) is 0 Å². The predicted octanol–water partition coefficient (Wildman–Crippen LogP) is 1.27. The molecule has 20 heavy (non-hydrogen) atoms. The monoisotopic (exact) mass is 283 g/mol. The zero-order valence-corrected chi connectivity index (χ0v) is 13.2. The Kier molecular flexibility index (Phi) is 6.46. The summed E-state index contributed by atoms with van der Waals surface area (Å²) in [7, 11) is 0. The number of carbonyl (C=O) groups is 2. The average Bonchev–Trinajstić information content (AvgIpc) is 2.40. The lowest BCUT2D eigenvalue weighted by atomic mass is 9.88. The van der Waals surface area contributed by atoms with Gasteiger partial charge in [0, 0.05) is 19.5 Å². The lowest BCUT2D eigenvalue weighted by Crippen LogP contribution is -2.57. The van der Waals surface area contributed by atoms with Crippen LogP contribution in [0.5, 0.6) is 0 Å². The SMILES string of the molecule is CCN(C(C)=O)[C@H]1CCCC[C@@H]1NC(=O)[C@@H](N)C(C)C. The van der Waals surface area contributed by atoms with Gasteiger partial charge in [-0.1, -0.05) is 26.7 Å². The van der Waals surface area contributed by atoms with Gasteiger partial charge in [0.25, 0.3) is 0 Å². The zero-order valence-electron chi connectivity index (χ0n) is 13.2. The van der Waals surface area contributed by atoms with Gasteiger partial charge in [-0.3, -0.25) is 9.59 Å². The van der Waals surface area contributed by atoms with E-state index in [1.165, 1.54) is 0 Å². The van der Waals surface area contributed by atoms with Gasteiger partial charge in [-0.05, 0) is 25.7 Å². The molecule has 0 saturated heterocycles. The van der Waals surface area contributed by atoms with Crippen LogP contribution in [-0.4, -0.2) is 41.4 Å². The van der Waals surface area contributed by atoms with E-state index in [9.17, 15) is 9.59 Å². The number of hydrogen-bond donors (Lipinski definition) is 2. The van der Waals surface area contributed by atoms with Crippen LogP contribution >= 0.6 is 0 Å². The van der Waals surface area contributed by atoms with Crippen LogP contribution in [0.2, 0.25) is 0 Å². The zero-order chi connectivity index (χ0) is 15.3. The van der Waals surface area contributed by atoms with Crippen LogP contribution < -0.4 is 11.1 Å². The molecular formula is C15H29N3O2. The summed E-state index contributed by atoms with van der Waals surface area (Å²) < 4.78 is 0. The Balaban J connectivity index is 2.74. The fourth-order valence-electron chi connectivity index (χ4n) is 2.93. The van der Waals surface area contributed by atoms with Crippen molar-refractivity contribution in [1.82, 2.24) is 10.2 Å². The first-order chi connectivity index (χ1) is 9.38. The van der Waals surface area contributed by atoms with Gasteiger partial charge >= 0.3 is 0 Å². The molecular weight excluding hydrogens is 254 g/mol. The molecule has 0 spiro atoms. The Morgan fingerprint density at radius 2 is 1.90 bits per heavy atom. The van der Waals surface area contributed by atoms with Crippen LogP contribution in [0.1, 0.15) is 53.4 Å². The molecule has 2 amide bonds. The number of nitrogens with zero attached hydrogens (tertiary/aromatic N) is 1. The molecule has 0 heterocycles. The van der Waals surface area contributed by atoms with Gasteiger partial charge in [-0.2, -0.15) is 0 Å². The maximum atomic E-state index is 12.1. The van der Waals surface area contributed by atoms with Crippen LogP contribution in [-0.2, 0) is 9.59 Å². The standard InChI is InChI=1S/C15H29N3O2/c1-5-18(11(4)19)13-9-7-6-8-12(13)17-15(20)14(16)10(2)3/h10,12-14H,5-9,16H2,1-4H3,(H,17,20)/t12-,13-,14-/m0/s1. The molecule has 1 aliphatic carbocycles. The molecule has 1 fully saturated rings. The van der Waals surface area contributed by atoms with Crippen molar-refractivity contribution in [3.05, 3.63) is 0 Å². The number of carbonyl (C=O) groups excluding carboxylic acids is 2. The number of rotatable bonds is 5. The fourth-order valence-corrected chi connectivity index (χ4v) is 2.93. The summed E-state index contributed by atoms with van der Waals surface area (Å²) in [6.45, 7) is 8.14. The molecule has 0 aromatic carbocycles. The molecule has 1 aliphatic rings. The Labute approximate surface area is 122 Å². The lowest BCUT2D eigenvalue weighted by molar-refractivity contribution is -0.134. The van der Waals surface area contributed by atoms with E-state index in [0.717, 1.165) is 25.7 Å². The first kappa shape index (κ1) is 17.0. The number of nitrogens with two attached hydrogens (primary N) is 1. The summed E-state index contributed by atoms with van der Waals surface area (Å²) in [6.07, 6.45) is 4.07. The second kappa shape index (κ2) is 7.62. The van der Waals surface area contributed by atoms with Crippen molar-refractivity contribution in [2.24, 2.45) is 11.7 Å². The molecule has 5 nitrogen and oxygen atoms in total. The van der Waals surface area contributed by atoms with Crippen LogP contribution in [0.3, 0.4) is 0 Å². The second-order valence-electron chi connectivity index (χ2n) is 6.04. The largest absolute Gasteiger partial charge is 0.350 e. The maximum Gasteiger partial charge on any atom is 0.237 e. The highest BCUT2D eigenvalue weighted by molar-refractivity contribution is 5.82. The molecule has 0 aliphatic heterocycles. The second-order valence-corrected chi connectivity index (χ2v) is 6.04. The predicted molar refractivity (Wildman–Crippen MR) is 80.1 cm³/mol. The van der Waals surface area contributed by atoms with Crippen LogP contribution in [0.25, 0.3) is 0 Å². The summed E-state index contributed by atoms with van der Waals surface area (Å²) in [6, 6.07) is -0.343. The van der Waals surface area contributed by atoms with E-state index in [4.69, 9.17) is 5.73 Å². The van der Waals surface area contributed by atoms with Gasteiger partial charge in [0.05, 0.1) is 12.1 Å². The van der Waals surface area contributed by atoms with E-state index >= 15 is 0 Å². The molecule has 1 saturated carbocycles. The van der Waals surface area contributed by atoms with Crippen LogP contribution in [0.4, 0.5) is 0 Å². The minimum absolute atomic E-state index is 0.0323. The van der Waals surface area contributed by atoms with Gasteiger partial charge in [0.1, 0.15) is 0 Å². The molecule has 3 N–H and O–H groups in total. The van der Waals surface area contributed by atoms with E-state index in [0.29, 0.717) is 6.54 Å². The molecule has 3 atom stereocenters. The van der Waals surface area contributed by atoms with Crippen molar-refractivity contribution in [3.63, 3.8) is 0 Å². The van der Waals surface area contributed by atoms with Crippen molar-refractivity contribution in [3.8, 4) is 0 Å². The third kappa shape index (κ3) is 4.20. The van der Waals surface area contributed by atoms with Crippen molar-refractivity contribution in [2.75, 3.05) is 6.54 Å². The van der Waals surface area contributed by atoms with E-state index in [-0.39, 0.29) is 29.8 Å². The topological polar surface area (TPSA) is 75.4 Å². The van der Waals surface area contributed by atoms with Gasteiger partial charge in [-0.25, -0.2) is 0 Å². The smallest absolute Gasteiger partial charge is 0.237 e. The van der Waals surface area contributed by atoms with E-state index in [2.05, 4.69) is 5.32 Å². The average molecular weight is 283 g/mol. The third-order valence-electron chi connectivity index (χ3n) is 4.22. The van der Waals surface area contributed by atoms with E-state index in [1.807, 2.05) is 25.7 Å². The highest BCUT2D eigenvalue weighted by atomic mass is 16.2. The molecule has 0 bridgehead atoms. The van der Waals surface area contributed by atoms with Crippen molar-refractivity contribution < 1.29 is 9.59 Å². The highest BCUT2D eigenvalue weighted by Gasteiger charge is 2.33. The molecule has 5 heteroatoms. The molecule has 0 unspecified atom stereocenters. The Morgan fingerprint density at radius 1 is 1.30 bits per heavy atom. The fraction of sp³-hybridized carbons (Fsp3) is 0.867. The number of amides is 2. The Bertz CT molecular complexity index is 344. The summed E-state index contributed by atoms with van der Waals surface area (Å²) in [4.78, 5) is 25.7. The van der Waals surface area contributed by atoms with Crippen molar-refractivity contribution >= 4 is 11.8 Å². The number of likely N-dealkylation sites (N-methyl/N-ethyl adjacent to an activating group) is 1. The summed E-state index contributed by atoms with van der Waals surface area (Å²) in [5, 5.41) is 3.06. The van der Waals surface area contributed by atoms with Crippen molar-refractivity contribution in [2.45, 2.75) is 71.5 Å². The normalized spacial score (nSPS) is 24.3. The minimum atomic E-state index is -0.481. The van der Waals surface area contributed by atoms with Crippen LogP contribution in [0.15, 0.2) is 0 Å². The van der Waals surface area contributed by atoms with Crippen molar-refractivity contribution in [1.29, 1.82) is 0 Å². The summed E-state index contributed by atoms with van der Waals surface area (Å²) in [5.74, 6) is 0.0930. The van der Waals surface area contributed by atoms with Gasteiger partial charge in [-0.15, -0.1) is 0 Å². The quantitative estimate of drug-likeness (QED) is 0.797. The highest BCUT2D eigenvalue weighted by Crippen LogP contribution is 2.23. The minimum Gasteiger partial charge on any atom is -0.350 e. The maximum absolute atomic E-state index is 12.1. The summed E-state index contributed by atoms with van der Waals surface area (Å²) in [5.41, 5.74) is 5.90. The molecule has 116 valence electrons.